The molecule has 1 aromatic carbocycles. The summed E-state index contributed by atoms with van der Waals surface area (Å²) in [7, 11) is 0. The summed E-state index contributed by atoms with van der Waals surface area (Å²) in [5, 5.41) is 0.429. The van der Waals surface area contributed by atoms with Crippen LogP contribution < -0.4 is 0 Å². The molecule has 0 aliphatic heterocycles. The molecule has 0 aliphatic carbocycles. The molecule has 1 aromatic heterocycles. The van der Waals surface area contributed by atoms with Crippen LogP contribution in [0.15, 0.2) is 33.3 Å². The summed E-state index contributed by atoms with van der Waals surface area (Å²) < 4.78 is 6.34. The fourth-order valence-electron chi connectivity index (χ4n) is 1.25. The minimum Gasteiger partial charge on any atom is -0.439 e. The van der Waals surface area contributed by atoms with Crippen molar-refractivity contribution in [1.29, 1.82) is 0 Å². The fraction of sp³-hybridized carbons (Fsp3) is 0.182. The molecular formula is C11H8BrCl2NO. The summed E-state index contributed by atoms with van der Waals surface area (Å²) in [5.74, 6) is 1.20. The Morgan fingerprint density at radius 3 is 2.75 bits per heavy atom. The Hall–Kier alpha value is -0.510. The molecule has 5 heteroatoms. The van der Waals surface area contributed by atoms with Crippen LogP contribution in [0.1, 0.15) is 18.2 Å². The van der Waals surface area contributed by atoms with E-state index in [1.807, 2.05) is 19.1 Å². The highest BCUT2D eigenvalue weighted by molar-refractivity contribution is 9.10. The molecular weight excluding hydrogens is 313 g/mol. The lowest BCUT2D eigenvalue weighted by Crippen LogP contribution is -1.80. The smallest absolute Gasteiger partial charge is 0.212 e. The maximum absolute atomic E-state index is 5.91. The number of halogens is 3. The van der Waals surface area contributed by atoms with E-state index in [9.17, 15) is 0 Å². The van der Waals surface area contributed by atoms with E-state index in [1.165, 1.54) is 0 Å². The first-order chi connectivity index (χ1) is 7.58. The van der Waals surface area contributed by atoms with Crippen molar-refractivity contribution in [3.05, 3.63) is 39.8 Å². The van der Waals surface area contributed by atoms with Gasteiger partial charge in [0.2, 0.25) is 5.89 Å². The monoisotopic (exact) mass is 319 g/mol. The molecule has 1 heterocycles. The third-order valence-electron chi connectivity index (χ3n) is 2.07. The molecule has 16 heavy (non-hydrogen) atoms. The molecule has 84 valence electrons. The van der Waals surface area contributed by atoms with E-state index in [0.29, 0.717) is 16.7 Å². The number of alkyl halides is 1. The first-order valence-corrected chi connectivity index (χ1v) is 6.24. The van der Waals surface area contributed by atoms with E-state index in [-0.39, 0.29) is 5.38 Å². The molecule has 0 amide bonds. The van der Waals surface area contributed by atoms with E-state index in [2.05, 4.69) is 20.9 Å². The van der Waals surface area contributed by atoms with E-state index < -0.39 is 0 Å². The van der Waals surface area contributed by atoms with E-state index in [4.69, 9.17) is 27.6 Å². The molecule has 1 atom stereocenters. The van der Waals surface area contributed by atoms with Crippen LogP contribution in [0.5, 0.6) is 0 Å². The Labute approximate surface area is 112 Å². The SMILES string of the molecule is CC(Cl)c1ncc(-c2ccc(Cl)c(Br)c2)o1. The second-order valence-corrected chi connectivity index (χ2v) is 5.22. The molecule has 0 saturated heterocycles. The molecule has 0 aliphatic rings. The van der Waals surface area contributed by atoms with Crippen LogP contribution in [0.2, 0.25) is 5.02 Å². The van der Waals surface area contributed by atoms with Crippen molar-refractivity contribution in [2.75, 3.05) is 0 Å². The number of hydrogen-bond donors (Lipinski definition) is 0. The summed E-state index contributed by atoms with van der Waals surface area (Å²) in [6, 6.07) is 5.55. The summed E-state index contributed by atoms with van der Waals surface area (Å²) in [5.41, 5.74) is 0.910. The molecule has 0 saturated carbocycles. The van der Waals surface area contributed by atoms with Gasteiger partial charge in [0, 0.05) is 10.0 Å². The lowest BCUT2D eigenvalue weighted by Gasteiger charge is -1.99. The first kappa shape index (κ1) is 12.0. The normalized spacial score (nSPS) is 12.8. The van der Waals surface area contributed by atoms with Crippen LogP contribution in [-0.2, 0) is 0 Å². The average molecular weight is 321 g/mol. The molecule has 0 N–H and O–H groups in total. The Morgan fingerprint density at radius 2 is 2.19 bits per heavy atom. The van der Waals surface area contributed by atoms with Crippen molar-refractivity contribution < 1.29 is 4.42 Å². The highest BCUT2D eigenvalue weighted by Gasteiger charge is 2.11. The molecule has 0 fully saturated rings. The second kappa shape index (κ2) is 4.78. The van der Waals surface area contributed by atoms with Crippen LogP contribution in [0.25, 0.3) is 11.3 Å². The maximum atomic E-state index is 5.91. The van der Waals surface area contributed by atoms with Gasteiger partial charge in [-0.25, -0.2) is 4.98 Å². The average Bonchev–Trinajstić information content (AvgIpc) is 2.71. The first-order valence-electron chi connectivity index (χ1n) is 4.63. The predicted molar refractivity (Wildman–Crippen MR) is 68.9 cm³/mol. The zero-order valence-corrected chi connectivity index (χ0v) is 11.5. The second-order valence-electron chi connectivity index (χ2n) is 3.31. The van der Waals surface area contributed by atoms with Gasteiger partial charge in [0.05, 0.1) is 11.2 Å². The largest absolute Gasteiger partial charge is 0.439 e. The van der Waals surface area contributed by atoms with Crippen LogP contribution >= 0.6 is 39.1 Å². The van der Waals surface area contributed by atoms with E-state index in [1.54, 1.807) is 12.3 Å². The molecule has 0 radical (unpaired) electrons. The summed E-state index contributed by atoms with van der Waals surface area (Å²) in [6.07, 6.45) is 1.66. The summed E-state index contributed by atoms with van der Waals surface area (Å²) >= 11 is 15.1. The predicted octanol–water partition coefficient (Wildman–Crippen LogP) is 5.06. The lowest BCUT2D eigenvalue weighted by molar-refractivity contribution is 0.508. The van der Waals surface area contributed by atoms with Crippen LogP contribution in [0.3, 0.4) is 0 Å². The van der Waals surface area contributed by atoms with E-state index >= 15 is 0 Å². The third-order valence-corrected chi connectivity index (χ3v) is 3.47. The Bertz CT molecular complexity index is 510. The zero-order valence-electron chi connectivity index (χ0n) is 8.38. The van der Waals surface area contributed by atoms with Crippen LogP contribution in [-0.4, -0.2) is 4.98 Å². The zero-order chi connectivity index (χ0) is 11.7. The van der Waals surface area contributed by atoms with Gasteiger partial charge in [-0.15, -0.1) is 11.6 Å². The van der Waals surface area contributed by atoms with Crippen LogP contribution in [0, 0.1) is 0 Å². The fourth-order valence-corrected chi connectivity index (χ4v) is 1.85. The summed E-state index contributed by atoms with van der Waals surface area (Å²) in [6.45, 7) is 1.81. The molecule has 2 aromatic rings. The number of rotatable bonds is 2. The van der Waals surface area contributed by atoms with Gasteiger partial charge in [0.25, 0.3) is 0 Å². The quantitative estimate of drug-likeness (QED) is 0.723. The minimum atomic E-state index is -0.232. The number of hydrogen-bond acceptors (Lipinski definition) is 2. The molecule has 0 bridgehead atoms. The third kappa shape index (κ3) is 2.42. The highest BCUT2D eigenvalue weighted by atomic mass is 79.9. The standard InChI is InChI=1S/C11H8BrCl2NO/c1-6(13)11-15-5-10(16-11)7-2-3-9(14)8(12)4-7/h2-6H,1H3. The van der Waals surface area contributed by atoms with E-state index in [0.717, 1.165) is 10.0 Å². The van der Waals surface area contributed by atoms with Crippen molar-refractivity contribution >= 4 is 39.1 Å². The van der Waals surface area contributed by atoms with Crippen molar-refractivity contribution in [1.82, 2.24) is 4.98 Å². The molecule has 1 unspecified atom stereocenters. The van der Waals surface area contributed by atoms with Gasteiger partial charge in [0.15, 0.2) is 5.76 Å². The highest BCUT2D eigenvalue weighted by Crippen LogP contribution is 2.30. The van der Waals surface area contributed by atoms with Crippen molar-refractivity contribution in [2.24, 2.45) is 0 Å². The van der Waals surface area contributed by atoms with Crippen LogP contribution in [0.4, 0.5) is 0 Å². The van der Waals surface area contributed by atoms with Gasteiger partial charge >= 0.3 is 0 Å². The van der Waals surface area contributed by atoms with Gasteiger partial charge < -0.3 is 4.42 Å². The van der Waals surface area contributed by atoms with Crippen molar-refractivity contribution in [3.8, 4) is 11.3 Å². The number of benzene rings is 1. The van der Waals surface area contributed by atoms with Crippen molar-refractivity contribution in [2.45, 2.75) is 12.3 Å². The number of nitrogens with zero attached hydrogens (tertiary/aromatic N) is 1. The number of aromatic nitrogens is 1. The van der Waals surface area contributed by atoms with Gasteiger partial charge in [-0.05, 0) is 41.1 Å². The molecule has 0 spiro atoms. The maximum Gasteiger partial charge on any atom is 0.212 e. The number of oxazole rings is 1. The molecule has 2 rings (SSSR count). The van der Waals surface area contributed by atoms with Gasteiger partial charge in [-0.3, -0.25) is 0 Å². The molecule has 2 nitrogen and oxygen atoms in total. The van der Waals surface area contributed by atoms with Gasteiger partial charge in [0.1, 0.15) is 5.38 Å². The van der Waals surface area contributed by atoms with Gasteiger partial charge in [-0.1, -0.05) is 11.6 Å². The topological polar surface area (TPSA) is 26.0 Å². The summed E-state index contributed by atoms with van der Waals surface area (Å²) in [4.78, 5) is 4.10. The van der Waals surface area contributed by atoms with Gasteiger partial charge in [-0.2, -0.15) is 0 Å². The Kier molecular flexibility index (Phi) is 3.57. The Balaban J connectivity index is 2.39. The minimum absolute atomic E-state index is 0.232. The Morgan fingerprint density at radius 1 is 1.44 bits per heavy atom. The lowest BCUT2D eigenvalue weighted by atomic mass is 10.2. The van der Waals surface area contributed by atoms with Crippen molar-refractivity contribution in [3.63, 3.8) is 0 Å².